The van der Waals surface area contributed by atoms with Crippen molar-refractivity contribution < 1.29 is 9.47 Å². The van der Waals surface area contributed by atoms with Crippen LogP contribution in [0.2, 0.25) is 0 Å². The summed E-state index contributed by atoms with van der Waals surface area (Å²) in [4.78, 5) is 6.70. The molecular formula is C13H20N2O2. The molecule has 1 aliphatic heterocycles. The number of aromatic nitrogens is 1. The molecule has 2 heterocycles. The van der Waals surface area contributed by atoms with Crippen LogP contribution in [0.25, 0.3) is 0 Å². The third kappa shape index (κ3) is 3.17. The van der Waals surface area contributed by atoms with E-state index in [4.69, 9.17) is 9.47 Å². The van der Waals surface area contributed by atoms with Crippen molar-refractivity contribution in [3.63, 3.8) is 0 Å². The van der Waals surface area contributed by atoms with Gasteiger partial charge in [-0.25, -0.2) is 4.98 Å². The average Bonchev–Trinajstić information content (AvgIpc) is 2.77. The van der Waals surface area contributed by atoms with Crippen LogP contribution in [0.4, 0.5) is 0 Å². The van der Waals surface area contributed by atoms with Crippen LogP contribution < -0.4 is 4.74 Å². The van der Waals surface area contributed by atoms with E-state index in [0.717, 1.165) is 0 Å². The van der Waals surface area contributed by atoms with Gasteiger partial charge < -0.3 is 9.47 Å². The van der Waals surface area contributed by atoms with Crippen LogP contribution in [0.5, 0.6) is 5.88 Å². The van der Waals surface area contributed by atoms with Crippen molar-refractivity contribution in [3.8, 4) is 5.88 Å². The molecule has 17 heavy (non-hydrogen) atoms. The minimum absolute atomic E-state index is 0.524. The first-order valence-electron chi connectivity index (χ1n) is 6.09. The second-order valence-electron chi connectivity index (χ2n) is 4.41. The lowest BCUT2D eigenvalue weighted by atomic mass is 10.1. The van der Waals surface area contributed by atoms with Crippen LogP contribution in [0.3, 0.4) is 0 Å². The molecule has 1 aromatic heterocycles. The number of rotatable bonds is 5. The van der Waals surface area contributed by atoms with Gasteiger partial charge in [0.2, 0.25) is 5.88 Å². The summed E-state index contributed by atoms with van der Waals surface area (Å²) < 4.78 is 10.4. The standard InChI is InChI=1S/C13H20N2O2/c1-15-7-3-4-12(15)11-5-6-13(14-10-11)17-9-8-16-2/h5-6,10,12H,3-4,7-9H2,1-2H3/t12-/m0/s1. The fourth-order valence-corrected chi connectivity index (χ4v) is 2.24. The zero-order valence-electron chi connectivity index (χ0n) is 10.6. The summed E-state index contributed by atoms with van der Waals surface area (Å²) in [5.74, 6) is 0.673. The van der Waals surface area contributed by atoms with Crippen LogP contribution >= 0.6 is 0 Å². The molecule has 0 saturated carbocycles. The second kappa shape index (κ2) is 5.98. The van der Waals surface area contributed by atoms with E-state index in [0.29, 0.717) is 25.1 Å². The quantitative estimate of drug-likeness (QED) is 0.731. The fraction of sp³-hybridized carbons (Fsp3) is 0.615. The number of ether oxygens (including phenoxy) is 2. The Morgan fingerprint density at radius 1 is 1.41 bits per heavy atom. The lowest BCUT2D eigenvalue weighted by Gasteiger charge is -2.19. The van der Waals surface area contributed by atoms with Crippen molar-refractivity contribution in [2.45, 2.75) is 18.9 Å². The maximum Gasteiger partial charge on any atom is 0.213 e. The van der Waals surface area contributed by atoms with Crippen molar-refractivity contribution in [1.29, 1.82) is 0 Å². The van der Waals surface area contributed by atoms with Gasteiger partial charge in [-0.15, -0.1) is 0 Å². The second-order valence-corrected chi connectivity index (χ2v) is 4.41. The molecule has 4 nitrogen and oxygen atoms in total. The molecule has 0 unspecified atom stereocenters. The van der Waals surface area contributed by atoms with Crippen molar-refractivity contribution >= 4 is 0 Å². The minimum Gasteiger partial charge on any atom is -0.475 e. The SMILES string of the molecule is COCCOc1ccc([C@@H]2CCCN2C)cn1. The van der Waals surface area contributed by atoms with Gasteiger partial charge >= 0.3 is 0 Å². The smallest absolute Gasteiger partial charge is 0.213 e. The van der Waals surface area contributed by atoms with Gasteiger partial charge in [-0.3, -0.25) is 4.90 Å². The molecule has 94 valence electrons. The number of methoxy groups -OCH3 is 1. The zero-order chi connectivity index (χ0) is 12.1. The van der Waals surface area contributed by atoms with Crippen LogP contribution in [-0.2, 0) is 4.74 Å². The molecule has 0 aliphatic carbocycles. The topological polar surface area (TPSA) is 34.6 Å². The Hall–Kier alpha value is -1.13. The van der Waals surface area contributed by atoms with Gasteiger partial charge in [0.15, 0.2) is 0 Å². The van der Waals surface area contributed by atoms with Gasteiger partial charge in [0.1, 0.15) is 6.61 Å². The highest BCUT2D eigenvalue weighted by Crippen LogP contribution is 2.30. The largest absolute Gasteiger partial charge is 0.475 e. The Morgan fingerprint density at radius 3 is 2.88 bits per heavy atom. The summed E-state index contributed by atoms with van der Waals surface area (Å²) in [6, 6.07) is 4.58. The van der Waals surface area contributed by atoms with E-state index >= 15 is 0 Å². The van der Waals surface area contributed by atoms with E-state index in [9.17, 15) is 0 Å². The first kappa shape index (κ1) is 12.3. The molecule has 1 aromatic rings. The molecule has 0 spiro atoms. The minimum atomic E-state index is 0.524. The first-order valence-corrected chi connectivity index (χ1v) is 6.09. The molecule has 0 bridgehead atoms. The van der Waals surface area contributed by atoms with Gasteiger partial charge in [-0.1, -0.05) is 6.07 Å². The van der Waals surface area contributed by atoms with E-state index < -0.39 is 0 Å². The first-order chi connectivity index (χ1) is 8.31. The van der Waals surface area contributed by atoms with Gasteiger partial charge in [0.25, 0.3) is 0 Å². The summed E-state index contributed by atoms with van der Waals surface area (Å²) in [5.41, 5.74) is 1.28. The molecule has 0 amide bonds. The predicted octanol–water partition coefficient (Wildman–Crippen LogP) is 1.87. The number of hydrogen-bond acceptors (Lipinski definition) is 4. The number of pyridine rings is 1. The summed E-state index contributed by atoms with van der Waals surface area (Å²) in [5, 5.41) is 0. The van der Waals surface area contributed by atoms with Gasteiger partial charge in [0, 0.05) is 25.4 Å². The highest BCUT2D eigenvalue weighted by atomic mass is 16.5. The Labute approximate surface area is 103 Å². The molecule has 4 heteroatoms. The third-order valence-electron chi connectivity index (χ3n) is 3.20. The van der Waals surface area contributed by atoms with Crippen molar-refractivity contribution in [2.75, 3.05) is 33.9 Å². The van der Waals surface area contributed by atoms with E-state index in [2.05, 4.69) is 23.0 Å². The molecule has 1 aliphatic rings. The number of hydrogen-bond donors (Lipinski definition) is 0. The lowest BCUT2D eigenvalue weighted by molar-refractivity contribution is 0.143. The highest BCUT2D eigenvalue weighted by Gasteiger charge is 2.22. The molecule has 0 aromatic carbocycles. The Balaban J connectivity index is 1.93. The molecule has 1 atom stereocenters. The van der Waals surface area contributed by atoms with Crippen LogP contribution in [0.1, 0.15) is 24.4 Å². The predicted molar refractivity (Wildman–Crippen MR) is 66.2 cm³/mol. The maximum absolute atomic E-state index is 5.44. The molecular weight excluding hydrogens is 216 g/mol. The number of nitrogens with zero attached hydrogens (tertiary/aromatic N) is 2. The Kier molecular flexibility index (Phi) is 4.34. The summed E-state index contributed by atoms with van der Waals surface area (Å²) in [6.07, 6.45) is 4.42. The highest BCUT2D eigenvalue weighted by molar-refractivity contribution is 5.21. The lowest BCUT2D eigenvalue weighted by Crippen LogP contribution is -2.17. The van der Waals surface area contributed by atoms with Crippen LogP contribution in [-0.4, -0.2) is 43.8 Å². The maximum atomic E-state index is 5.44. The molecule has 0 radical (unpaired) electrons. The zero-order valence-corrected chi connectivity index (χ0v) is 10.6. The summed E-state index contributed by atoms with van der Waals surface area (Å²) in [6.45, 7) is 2.32. The fourth-order valence-electron chi connectivity index (χ4n) is 2.24. The molecule has 0 N–H and O–H groups in total. The van der Waals surface area contributed by atoms with Crippen molar-refractivity contribution in [3.05, 3.63) is 23.9 Å². The van der Waals surface area contributed by atoms with Crippen molar-refractivity contribution in [2.24, 2.45) is 0 Å². The van der Waals surface area contributed by atoms with Gasteiger partial charge in [-0.2, -0.15) is 0 Å². The summed E-state index contributed by atoms with van der Waals surface area (Å²) >= 11 is 0. The monoisotopic (exact) mass is 236 g/mol. The summed E-state index contributed by atoms with van der Waals surface area (Å²) in [7, 11) is 3.83. The third-order valence-corrected chi connectivity index (χ3v) is 3.20. The molecule has 1 fully saturated rings. The number of likely N-dealkylation sites (tertiary alicyclic amines) is 1. The van der Waals surface area contributed by atoms with Crippen LogP contribution in [0, 0.1) is 0 Å². The Bertz CT molecular complexity index is 340. The van der Waals surface area contributed by atoms with Crippen molar-refractivity contribution in [1.82, 2.24) is 9.88 Å². The van der Waals surface area contributed by atoms with E-state index in [1.807, 2.05) is 12.3 Å². The molecule has 1 saturated heterocycles. The average molecular weight is 236 g/mol. The van der Waals surface area contributed by atoms with Crippen LogP contribution in [0.15, 0.2) is 18.3 Å². The normalized spacial score (nSPS) is 20.7. The van der Waals surface area contributed by atoms with Gasteiger partial charge in [-0.05, 0) is 32.0 Å². The molecule has 2 rings (SSSR count). The van der Waals surface area contributed by atoms with E-state index in [-0.39, 0.29) is 0 Å². The van der Waals surface area contributed by atoms with E-state index in [1.165, 1.54) is 24.9 Å². The Morgan fingerprint density at radius 2 is 2.29 bits per heavy atom. The van der Waals surface area contributed by atoms with Gasteiger partial charge in [0.05, 0.1) is 6.61 Å². The van der Waals surface area contributed by atoms with E-state index in [1.54, 1.807) is 7.11 Å².